The van der Waals surface area contributed by atoms with E-state index in [4.69, 9.17) is 4.74 Å². The van der Waals surface area contributed by atoms with E-state index in [0.29, 0.717) is 18.8 Å². The van der Waals surface area contributed by atoms with Gasteiger partial charge in [0.1, 0.15) is 5.75 Å². The first-order valence-electron chi connectivity index (χ1n) is 11.4. The van der Waals surface area contributed by atoms with Gasteiger partial charge in [-0.3, -0.25) is 9.88 Å². The molecule has 172 valence electrons. The lowest BCUT2D eigenvalue weighted by atomic mass is 10.2. The maximum atomic E-state index is 12.6. The molecule has 1 aliphatic heterocycles. The Hall–Kier alpha value is -2.90. The van der Waals surface area contributed by atoms with Gasteiger partial charge in [-0.15, -0.1) is 11.8 Å². The van der Waals surface area contributed by atoms with Crippen molar-refractivity contribution in [2.24, 2.45) is 0 Å². The molecule has 6 nitrogen and oxygen atoms in total. The number of benzene rings is 1. The lowest BCUT2D eigenvalue weighted by molar-refractivity contribution is 0.111. The van der Waals surface area contributed by atoms with Gasteiger partial charge >= 0.3 is 6.09 Å². The van der Waals surface area contributed by atoms with Gasteiger partial charge in [0.05, 0.1) is 5.03 Å². The monoisotopic (exact) mass is 462 g/mol. The third-order valence-corrected chi connectivity index (χ3v) is 6.64. The second-order valence-corrected chi connectivity index (χ2v) is 9.30. The number of aryl methyl sites for hydroxylation is 2. The van der Waals surface area contributed by atoms with Crippen molar-refractivity contribution in [3.05, 3.63) is 83.8 Å². The summed E-state index contributed by atoms with van der Waals surface area (Å²) in [4.78, 5) is 25.5. The number of nitrogens with zero attached hydrogens (tertiary/aromatic N) is 4. The van der Waals surface area contributed by atoms with Crippen molar-refractivity contribution in [2.75, 3.05) is 38.5 Å². The molecule has 4 rings (SSSR count). The number of aromatic nitrogens is 2. The number of carbonyl (C=O) groups is 1. The minimum absolute atomic E-state index is 0.270. The Morgan fingerprint density at radius 1 is 0.970 bits per heavy atom. The van der Waals surface area contributed by atoms with E-state index in [0.717, 1.165) is 48.9 Å². The standard InChI is InChI=1S/C26H30N4O2S/c1-21-5-8-23(28-20-21)11-14-29-15-17-30(18-16-29)26(31)32-24-9-6-22(7-10-24)12-19-33-25-4-2-3-13-27-25/h2-10,13,20H,11-12,14-19H2,1H3. The molecule has 0 radical (unpaired) electrons. The zero-order valence-corrected chi connectivity index (χ0v) is 19.8. The summed E-state index contributed by atoms with van der Waals surface area (Å²) in [6.45, 7) is 6.08. The first-order chi connectivity index (χ1) is 16.2. The molecule has 1 aliphatic rings. The summed E-state index contributed by atoms with van der Waals surface area (Å²) in [6.07, 6.45) is 5.33. The molecule has 3 heterocycles. The van der Waals surface area contributed by atoms with E-state index in [2.05, 4.69) is 27.0 Å². The highest BCUT2D eigenvalue weighted by atomic mass is 32.2. The quantitative estimate of drug-likeness (QED) is 0.460. The average Bonchev–Trinajstić information content (AvgIpc) is 2.86. The molecule has 1 aromatic carbocycles. The van der Waals surface area contributed by atoms with E-state index >= 15 is 0 Å². The highest BCUT2D eigenvalue weighted by Crippen LogP contribution is 2.19. The van der Waals surface area contributed by atoms with Crippen LogP contribution in [0.1, 0.15) is 16.8 Å². The van der Waals surface area contributed by atoms with Gasteiger partial charge < -0.3 is 9.64 Å². The summed E-state index contributed by atoms with van der Waals surface area (Å²) in [5.41, 5.74) is 3.51. The van der Waals surface area contributed by atoms with Crippen LogP contribution in [0.15, 0.2) is 72.0 Å². The molecule has 0 aliphatic carbocycles. The van der Waals surface area contributed by atoms with Crippen molar-refractivity contribution in [2.45, 2.75) is 24.8 Å². The predicted molar refractivity (Wildman–Crippen MR) is 132 cm³/mol. The minimum atomic E-state index is -0.270. The molecule has 0 atom stereocenters. The molecular weight excluding hydrogens is 432 g/mol. The first-order valence-corrected chi connectivity index (χ1v) is 12.4. The number of carbonyl (C=O) groups excluding carboxylic acids is 1. The van der Waals surface area contributed by atoms with Gasteiger partial charge in [0.15, 0.2) is 0 Å². The maximum Gasteiger partial charge on any atom is 0.415 e. The highest BCUT2D eigenvalue weighted by Gasteiger charge is 2.22. The molecule has 0 N–H and O–H groups in total. The molecule has 0 unspecified atom stereocenters. The summed E-state index contributed by atoms with van der Waals surface area (Å²) in [6, 6.07) is 18.0. The molecule has 0 bridgehead atoms. The van der Waals surface area contributed by atoms with E-state index in [-0.39, 0.29) is 6.09 Å². The summed E-state index contributed by atoms with van der Waals surface area (Å²) in [7, 11) is 0. The molecule has 3 aromatic rings. The number of ether oxygens (including phenoxy) is 1. The van der Waals surface area contributed by atoms with Crippen LogP contribution < -0.4 is 4.74 Å². The maximum absolute atomic E-state index is 12.6. The second kappa shape index (κ2) is 11.8. The second-order valence-electron chi connectivity index (χ2n) is 8.18. The van der Waals surface area contributed by atoms with E-state index in [9.17, 15) is 4.79 Å². The van der Waals surface area contributed by atoms with E-state index in [1.165, 1.54) is 11.1 Å². The van der Waals surface area contributed by atoms with Gasteiger partial charge in [-0.2, -0.15) is 0 Å². The van der Waals surface area contributed by atoms with Crippen molar-refractivity contribution >= 4 is 17.9 Å². The van der Waals surface area contributed by atoms with Gasteiger partial charge in [0.25, 0.3) is 0 Å². The number of piperazine rings is 1. The van der Waals surface area contributed by atoms with Crippen LogP contribution in [0, 0.1) is 6.92 Å². The largest absolute Gasteiger partial charge is 0.415 e. The van der Waals surface area contributed by atoms with Crippen LogP contribution in [0.5, 0.6) is 5.75 Å². The molecule has 1 fully saturated rings. The summed E-state index contributed by atoms with van der Waals surface area (Å²) >= 11 is 1.74. The molecular formula is C26H30N4O2S. The van der Waals surface area contributed by atoms with Gasteiger partial charge in [0.2, 0.25) is 0 Å². The molecule has 33 heavy (non-hydrogen) atoms. The summed E-state index contributed by atoms with van der Waals surface area (Å²) in [5, 5.41) is 1.04. The fourth-order valence-corrected chi connectivity index (χ4v) is 4.53. The van der Waals surface area contributed by atoms with Gasteiger partial charge in [-0.1, -0.05) is 24.3 Å². The Bertz CT molecular complexity index is 1000. The van der Waals surface area contributed by atoms with Crippen LogP contribution in [-0.4, -0.2) is 64.3 Å². The summed E-state index contributed by atoms with van der Waals surface area (Å²) in [5.74, 6) is 1.55. The number of hydrogen-bond acceptors (Lipinski definition) is 6. The molecule has 1 saturated heterocycles. The molecule has 0 spiro atoms. The van der Waals surface area contributed by atoms with E-state index in [1.807, 2.05) is 61.8 Å². The fourth-order valence-electron chi connectivity index (χ4n) is 3.67. The Morgan fingerprint density at radius 2 is 1.79 bits per heavy atom. The first kappa shape index (κ1) is 23.3. The minimum Gasteiger partial charge on any atom is -0.410 e. The Morgan fingerprint density at radius 3 is 2.48 bits per heavy atom. The van der Waals surface area contributed by atoms with Crippen molar-refractivity contribution < 1.29 is 9.53 Å². The Labute approximate surface area is 200 Å². The van der Waals surface area contributed by atoms with Crippen molar-refractivity contribution in [1.29, 1.82) is 0 Å². The van der Waals surface area contributed by atoms with Gasteiger partial charge in [0, 0.05) is 63.0 Å². The third kappa shape index (κ3) is 7.30. The predicted octanol–water partition coefficient (Wildman–Crippen LogP) is 4.48. The number of pyridine rings is 2. The topological polar surface area (TPSA) is 58.6 Å². The van der Waals surface area contributed by atoms with Gasteiger partial charge in [-0.25, -0.2) is 9.78 Å². The van der Waals surface area contributed by atoms with Crippen LogP contribution in [0.25, 0.3) is 0 Å². The lowest BCUT2D eigenvalue weighted by Crippen LogP contribution is -2.49. The fraction of sp³-hybridized carbons (Fsp3) is 0.346. The van der Waals surface area contributed by atoms with Crippen molar-refractivity contribution in [1.82, 2.24) is 19.8 Å². The normalized spacial score (nSPS) is 14.3. The molecule has 1 amide bonds. The number of thioether (sulfide) groups is 1. The van der Waals surface area contributed by atoms with Crippen LogP contribution in [0.2, 0.25) is 0 Å². The van der Waals surface area contributed by atoms with Crippen LogP contribution >= 0.6 is 11.8 Å². The number of rotatable bonds is 8. The number of hydrogen-bond donors (Lipinski definition) is 0. The van der Waals surface area contributed by atoms with Crippen LogP contribution in [0.4, 0.5) is 4.79 Å². The van der Waals surface area contributed by atoms with Crippen molar-refractivity contribution in [3.63, 3.8) is 0 Å². The summed E-state index contributed by atoms with van der Waals surface area (Å²) < 4.78 is 5.60. The Balaban J connectivity index is 1.16. The SMILES string of the molecule is Cc1ccc(CCN2CCN(C(=O)Oc3ccc(CCSc4ccccn4)cc3)CC2)nc1. The molecule has 2 aromatic heterocycles. The average molecular weight is 463 g/mol. The zero-order valence-electron chi connectivity index (χ0n) is 19.0. The van der Waals surface area contributed by atoms with Gasteiger partial charge in [-0.05, 0) is 54.8 Å². The van der Waals surface area contributed by atoms with E-state index in [1.54, 1.807) is 16.7 Å². The zero-order chi connectivity index (χ0) is 22.9. The van der Waals surface area contributed by atoms with Crippen LogP contribution in [-0.2, 0) is 12.8 Å². The van der Waals surface area contributed by atoms with E-state index < -0.39 is 0 Å². The molecule has 7 heteroatoms. The third-order valence-electron chi connectivity index (χ3n) is 5.69. The number of amides is 1. The highest BCUT2D eigenvalue weighted by molar-refractivity contribution is 7.99. The van der Waals surface area contributed by atoms with Crippen molar-refractivity contribution in [3.8, 4) is 5.75 Å². The lowest BCUT2D eigenvalue weighted by Gasteiger charge is -2.33. The smallest absolute Gasteiger partial charge is 0.410 e. The Kier molecular flexibility index (Phi) is 8.33. The van der Waals surface area contributed by atoms with Crippen LogP contribution in [0.3, 0.4) is 0 Å². The molecule has 0 saturated carbocycles.